The fourth-order valence-electron chi connectivity index (χ4n) is 3.48. The average Bonchev–Trinajstić information content (AvgIpc) is 2.75. The Hall–Kier alpha value is -2.00. The Labute approximate surface area is 192 Å². The van der Waals surface area contributed by atoms with Crippen LogP contribution in [-0.4, -0.2) is 45.9 Å². The van der Waals surface area contributed by atoms with E-state index in [2.05, 4.69) is 5.32 Å². The minimum absolute atomic E-state index is 0.148. The van der Waals surface area contributed by atoms with Crippen LogP contribution in [0.2, 0.25) is 10.0 Å². The van der Waals surface area contributed by atoms with E-state index in [0.717, 1.165) is 0 Å². The summed E-state index contributed by atoms with van der Waals surface area (Å²) in [5, 5.41) is 3.64. The van der Waals surface area contributed by atoms with Gasteiger partial charge in [-0.25, -0.2) is 12.7 Å². The Morgan fingerprint density at radius 3 is 2.35 bits per heavy atom. The maximum atomic E-state index is 12.8. The number of nitrogens with zero attached hydrogens (tertiary/aromatic N) is 1. The van der Waals surface area contributed by atoms with Gasteiger partial charge in [0.15, 0.2) is 11.5 Å². The first kappa shape index (κ1) is 23.7. The quantitative estimate of drug-likeness (QED) is 0.633. The third-order valence-corrected chi connectivity index (χ3v) is 7.64. The number of piperidine rings is 1. The first-order valence-corrected chi connectivity index (χ1v) is 12.0. The zero-order chi connectivity index (χ0) is 22.6. The van der Waals surface area contributed by atoms with Crippen molar-refractivity contribution in [3.63, 3.8) is 0 Å². The van der Waals surface area contributed by atoms with Gasteiger partial charge in [-0.15, -0.1) is 0 Å². The standard InChI is InChI=1S/C21H24Cl2N2O5S/c1-29-19-6-5-17(12-20(19)30-2)24-21(26)14-7-9-25(10-8-14)31(27,28)13-15-3-4-16(22)11-18(15)23/h3-6,11-12,14H,7-10,13H2,1-2H3,(H,24,26). The molecular formula is C21H24Cl2N2O5S. The van der Waals surface area contributed by atoms with Crippen LogP contribution in [0.15, 0.2) is 36.4 Å². The van der Waals surface area contributed by atoms with Crippen molar-refractivity contribution in [2.24, 2.45) is 5.92 Å². The highest BCUT2D eigenvalue weighted by Gasteiger charge is 2.31. The first-order valence-electron chi connectivity index (χ1n) is 9.68. The second-order valence-corrected chi connectivity index (χ2v) is 10.0. The molecule has 1 saturated heterocycles. The summed E-state index contributed by atoms with van der Waals surface area (Å²) in [6, 6.07) is 9.89. The number of hydrogen-bond acceptors (Lipinski definition) is 5. The van der Waals surface area contributed by atoms with Crippen LogP contribution in [0.5, 0.6) is 11.5 Å². The molecule has 0 spiro atoms. The number of rotatable bonds is 7. The monoisotopic (exact) mass is 486 g/mol. The number of nitrogens with one attached hydrogen (secondary N) is 1. The van der Waals surface area contributed by atoms with Gasteiger partial charge in [-0.2, -0.15) is 0 Å². The summed E-state index contributed by atoms with van der Waals surface area (Å²) in [7, 11) is -0.488. The van der Waals surface area contributed by atoms with Gasteiger partial charge in [0.25, 0.3) is 0 Å². The van der Waals surface area contributed by atoms with Crippen LogP contribution in [-0.2, 0) is 20.6 Å². The van der Waals surface area contributed by atoms with Gasteiger partial charge in [0.1, 0.15) is 0 Å². The predicted molar refractivity (Wildman–Crippen MR) is 122 cm³/mol. The second-order valence-electron chi connectivity index (χ2n) is 7.22. The lowest BCUT2D eigenvalue weighted by molar-refractivity contribution is -0.120. The molecule has 0 atom stereocenters. The maximum absolute atomic E-state index is 12.8. The fraction of sp³-hybridized carbons (Fsp3) is 0.381. The Bertz CT molecular complexity index is 1050. The molecule has 1 fully saturated rings. The molecule has 1 N–H and O–H groups in total. The summed E-state index contributed by atoms with van der Waals surface area (Å²) in [5.41, 5.74) is 1.09. The molecule has 1 heterocycles. The maximum Gasteiger partial charge on any atom is 0.227 e. The van der Waals surface area contributed by atoms with Gasteiger partial charge < -0.3 is 14.8 Å². The van der Waals surface area contributed by atoms with Gasteiger partial charge in [0, 0.05) is 40.8 Å². The number of sulfonamides is 1. The van der Waals surface area contributed by atoms with Crippen molar-refractivity contribution in [1.82, 2.24) is 4.31 Å². The lowest BCUT2D eigenvalue weighted by Gasteiger charge is -2.30. The van der Waals surface area contributed by atoms with Crippen LogP contribution in [0.3, 0.4) is 0 Å². The summed E-state index contributed by atoms with van der Waals surface area (Å²) in [6.07, 6.45) is 0.874. The van der Waals surface area contributed by atoms with Crippen molar-refractivity contribution in [1.29, 1.82) is 0 Å². The number of methoxy groups -OCH3 is 2. The molecule has 2 aromatic carbocycles. The van der Waals surface area contributed by atoms with E-state index in [0.29, 0.717) is 45.6 Å². The van der Waals surface area contributed by atoms with Crippen LogP contribution in [0, 0.1) is 5.92 Å². The molecule has 2 aromatic rings. The van der Waals surface area contributed by atoms with Gasteiger partial charge in [0.2, 0.25) is 15.9 Å². The number of hydrogen-bond donors (Lipinski definition) is 1. The molecule has 168 valence electrons. The SMILES string of the molecule is COc1ccc(NC(=O)C2CCN(S(=O)(=O)Cc3ccc(Cl)cc3Cl)CC2)cc1OC. The second kappa shape index (κ2) is 10.1. The number of benzene rings is 2. The molecule has 0 saturated carbocycles. The van der Waals surface area contributed by atoms with E-state index in [1.54, 1.807) is 37.4 Å². The lowest BCUT2D eigenvalue weighted by atomic mass is 9.97. The third-order valence-electron chi connectivity index (χ3n) is 5.22. The lowest BCUT2D eigenvalue weighted by Crippen LogP contribution is -2.41. The molecule has 31 heavy (non-hydrogen) atoms. The normalized spacial score (nSPS) is 15.5. The Morgan fingerprint density at radius 1 is 1.06 bits per heavy atom. The highest BCUT2D eigenvalue weighted by Crippen LogP contribution is 2.31. The summed E-state index contributed by atoms with van der Waals surface area (Å²) in [6.45, 7) is 0.551. The number of carbonyl (C=O) groups is 1. The van der Waals surface area contributed by atoms with E-state index in [4.69, 9.17) is 32.7 Å². The number of amides is 1. The fourth-order valence-corrected chi connectivity index (χ4v) is 5.63. The molecule has 0 bridgehead atoms. The van der Waals surface area contributed by atoms with Crippen molar-refractivity contribution in [3.8, 4) is 11.5 Å². The molecular weight excluding hydrogens is 463 g/mol. The van der Waals surface area contributed by atoms with Crippen molar-refractivity contribution < 1.29 is 22.7 Å². The zero-order valence-electron chi connectivity index (χ0n) is 17.2. The molecule has 10 heteroatoms. The smallest absolute Gasteiger partial charge is 0.227 e. The van der Waals surface area contributed by atoms with Crippen LogP contribution >= 0.6 is 23.2 Å². The number of halogens is 2. The minimum atomic E-state index is -3.55. The van der Waals surface area contributed by atoms with Gasteiger partial charge in [-0.1, -0.05) is 29.3 Å². The number of carbonyl (C=O) groups excluding carboxylic acids is 1. The molecule has 0 aromatic heterocycles. The molecule has 0 aliphatic carbocycles. The Balaban J connectivity index is 1.59. The topological polar surface area (TPSA) is 84.9 Å². The molecule has 1 aliphatic rings. The number of anilines is 1. The van der Waals surface area contributed by atoms with Crippen LogP contribution < -0.4 is 14.8 Å². The predicted octanol–water partition coefficient (Wildman–Crippen LogP) is 4.19. The van der Waals surface area contributed by atoms with E-state index in [1.807, 2.05) is 0 Å². The number of ether oxygens (including phenoxy) is 2. The molecule has 3 rings (SSSR count). The third kappa shape index (κ3) is 5.83. The van der Waals surface area contributed by atoms with Crippen molar-refractivity contribution >= 4 is 44.8 Å². The first-order chi connectivity index (χ1) is 14.7. The van der Waals surface area contributed by atoms with E-state index in [9.17, 15) is 13.2 Å². The van der Waals surface area contributed by atoms with Crippen molar-refractivity contribution in [2.45, 2.75) is 18.6 Å². The Morgan fingerprint density at radius 2 is 1.74 bits per heavy atom. The summed E-state index contributed by atoms with van der Waals surface area (Å²) < 4.78 is 37.5. The summed E-state index contributed by atoms with van der Waals surface area (Å²) in [4.78, 5) is 12.7. The van der Waals surface area contributed by atoms with Crippen molar-refractivity contribution in [2.75, 3.05) is 32.6 Å². The van der Waals surface area contributed by atoms with Gasteiger partial charge in [-0.3, -0.25) is 4.79 Å². The molecule has 0 radical (unpaired) electrons. The summed E-state index contributed by atoms with van der Waals surface area (Å²) >= 11 is 12.0. The highest BCUT2D eigenvalue weighted by molar-refractivity contribution is 7.88. The van der Waals surface area contributed by atoms with Crippen LogP contribution in [0.4, 0.5) is 5.69 Å². The van der Waals surface area contributed by atoms with Gasteiger partial charge in [0.05, 0.1) is 20.0 Å². The molecule has 7 nitrogen and oxygen atoms in total. The van der Waals surface area contributed by atoms with E-state index >= 15 is 0 Å². The molecule has 1 aliphatic heterocycles. The average molecular weight is 487 g/mol. The van der Waals surface area contributed by atoms with E-state index in [1.165, 1.54) is 17.5 Å². The Kier molecular flexibility index (Phi) is 7.69. The molecule has 1 amide bonds. The largest absolute Gasteiger partial charge is 0.493 e. The van der Waals surface area contributed by atoms with E-state index in [-0.39, 0.29) is 30.7 Å². The van der Waals surface area contributed by atoms with Crippen LogP contribution in [0.25, 0.3) is 0 Å². The van der Waals surface area contributed by atoms with Gasteiger partial charge >= 0.3 is 0 Å². The minimum Gasteiger partial charge on any atom is -0.493 e. The summed E-state index contributed by atoms with van der Waals surface area (Å²) in [5.74, 6) is 0.455. The van der Waals surface area contributed by atoms with Crippen molar-refractivity contribution in [3.05, 3.63) is 52.0 Å². The van der Waals surface area contributed by atoms with Gasteiger partial charge in [-0.05, 0) is 42.7 Å². The highest BCUT2D eigenvalue weighted by atomic mass is 35.5. The molecule has 0 unspecified atom stereocenters. The zero-order valence-corrected chi connectivity index (χ0v) is 19.6. The van der Waals surface area contributed by atoms with Crippen LogP contribution in [0.1, 0.15) is 18.4 Å². The van der Waals surface area contributed by atoms with E-state index < -0.39 is 10.0 Å².